The Morgan fingerprint density at radius 2 is 2.11 bits per heavy atom. The molecule has 0 radical (unpaired) electrons. The Balaban J connectivity index is 3.16. The van der Waals surface area contributed by atoms with E-state index in [0.29, 0.717) is 0 Å². The minimum atomic E-state index is -1.48. The second-order valence-electron chi connectivity index (χ2n) is 3.48. The minimum absolute atomic E-state index is 0.0965. The molecule has 0 aliphatic heterocycles. The Bertz CT molecular complexity index is 498. The number of benzene rings is 1. The van der Waals surface area contributed by atoms with Gasteiger partial charge in [0.1, 0.15) is 6.10 Å². The van der Waals surface area contributed by atoms with Gasteiger partial charge in [-0.2, -0.15) is 0 Å². The molecule has 0 bridgehead atoms. The van der Waals surface area contributed by atoms with E-state index in [1.165, 1.54) is 12.1 Å². The van der Waals surface area contributed by atoms with Crippen molar-refractivity contribution in [2.75, 3.05) is 6.61 Å². The van der Waals surface area contributed by atoms with Crippen LogP contribution >= 0.6 is 23.2 Å². The number of nitrogens with zero attached hydrogens (tertiary/aromatic N) is 3. The number of hydrogen-bond donors (Lipinski definition) is 1. The molecular weight excluding hydrogens is 293 g/mol. The second kappa shape index (κ2) is 7.21. The maximum Gasteiger partial charge on any atom is 0.317 e. The van der Waals surface area contributed by atoms with E-state index < -0.39 is 18.1 Å². The third-order valence-corrected chi connectivity index (χ3v) is 2.96. The van der Waals surface area contributed by atoms with Crippen molar-refractivity contribution in [2.24, 2.45) is 5.11 Å². The first-order chi connectivity index (χ1) is 9.02. The summed E-state index contributed by atoms with van der Waals surface area (Å²) >= 11 is 11.8. The van der Waals surface area contributed by atoms with Crippen LogP contribution in [0, 0.1) is 0 Å². The normalized spacial score (nSPS) is 13.3. The molecule has 0 heterocycles. The molecule has 0 aromatic heterocycles. The lowest BCUT2D eigenvalue weighted by molar-refractivity contribution is -0.147. The van der Waals surface area contributed by atoms with Crippen LogP contribution in [0.5, 0.6) is 0 Å². The number of aliphatic hydroxyl groups excluding tert-OH is 1. The van der Waals surface area contributed by atoms with Gasteiger partial charge in [-0.1, -0.05) is 34.4 Å². The number of aliphatic hydroxyl groups is 1. The van der Waals surface area contributed by atoms with Gasteiger partial charge < -0.3 is 9.84 Å². The van der Waals surface area contributed by atoms with E-state index >= 15 is 0 Å². The Labute approximate surface area is 119 Å². The smallest absolute Gasteiger partial charge is 0.317 e. The van der Waals surface area contributed by atoms with Crippen LogP contribution in [-0.4, -0.2) is 23.7 Å². The second-order valence-corrected chi connectivity index (χ2v) is 4.30. The number of ether oxygens (including phenoxy) is 1. The number of hydrogen-bond acceptors (Lipinski definition) is 4. The predicted octanol–water partition coefficient (Wildman–Crippen LogP) is 3.27. The van der Waals surface area contributed by atoms with Crippen LogP contribution < -0.4 is 0 Å². The van der Waals surface area contributed by atoms with Crippen LogP contribution in [0.1, 0.15) is 18.6 Å². The fraction of sp³-hybridized carbons (Fsp3) is 0.364. The number of azide groups is 1. The molecule has 0 aliphatic carbocycles. The number of carbonyl (C=O) groups excluding carboxylic acids is 1. The molecule has 0 saturated heterocycles. The van der Waals surface area contributed by atoms with Crippen molar-refractivity contribution >= 4 is 29.2 Å². The Kier molecular flexibility index (Phi) is 5.92. The molecule has 0 spiro atoms. The number of rotatable bonds is 5. The van der Waals surface area contributed by atoms with Crippen LogP contribution in [-0.2, 0) is 9.53 Å². The molecule has 0 saturated carbocycles. The van der Waals surface area contributed by atoms with Crippen molar-refractivity contribution in [1.82, 2.24) is 0 Å². The molecule has 8 heteroatoms. The van der Waals surface area contributed by atoms with Gasteiger partial charge in [0.15, 0.2) is 6.04 Å². The summed E-state index contributed by atoms with van der Waals surface area (Å²) in [6, 6.07) is 3.16. The van der Waals surface area contributed by atoms with Crippen LogP contribution in [0.15, 0.2) is 23.3 Å². The van der Waals surface area contributed by atoms with E-state index in [1.54, 1.807) is 13.0 Å². The highest BCUT2D eigenvalue weighted by Crippen LogP contribution is 2.33. The molecule has 1 aromatic rings. The fourth-order valence-corrected chi connectivity index (χ4v) is 2.09. The minimum Gasteiger partial charge on any atom is -0.466 e. The van der Waals surface area contributed by atoms with Crippen LogP contribution in [0.25, 0.3) is 10.4 Å². The average molecular weight is 304 g/mol. The van der Waals surface area contributed by atoms with Gasteiger partial charge >= 0.3 is 5.97 Å². The van der Waals surface area contributed by atoms with Gasteiger partial charge in [-0.15, -0.1) is 0 Å². The van der Waals surface area contributed by atoms with Gasteiger partial charge in [-0.3, -0.25) is 4.79 Å². The molecule has 0 amide bonds. The van der Waals surface area contributed by atoms with E-state index in [9.17, 15) is 9.90 Å². The van der Waals surface area contributed by atoms with Gasteiger partial charge in [-0.05, 0) is 24.6 Å². The van der Waals surface area contributed by atoms with E-state index in [2.05, 4.69) is 10.0 Å². The third-order valence-electron chi connectivity index (χ3n) is 2.30. The summed E-state index contributed by atoms with van der Waals surface area (Å²) in [5.41, 5.74) is 8.58. The summed E-state index contributed by atoms with van der Waals surface area (Å²) < 4.78 is 4.73. The Morgan fingerprint density at radius 1 is 1.53 bits per heavy atom. The lowest BCUT2D eigenvalue weighted by atomic mass is 10.0. The van der Waals surface area contributed by atoms with Gasteiger partial charge in [0.2, 0.25) is 0 Å². The molecule has 1 aromatic carbocycles. The lowest BCUT2D eigenvalue weighted by Gasteiger charge is -2.19. The highest BCUT2D eigenvalue weighted by molar-refractivity contribution is 6.36. The molecule has 2 atom stereocenters. The molecule has 19 heavy (non-hydrogen) atoms. The van der Waals surface area contributed by atoms with E-state index in [1.807, 2.05) is 0 Å². The number of halogens is 2. The SMILES string of the molecule is CCOC(=O)[C@H](N=[N+]=[N-])[C@H](O)c1c(Cl)cccc1Cl. The lowest BCUT2D eigenvalue weighted by Crippen LogP contribution is -2.28. The summed E-state index contributed by atoms with van der Waals surface area (Å²) in [6.45, 7) is 1.69. The standard InChI is InChI=1S/C11H11Cl2N3O3/c1-2-19-11(18)9(15-16-14)10(17)8-6(12)4-3-5-7(8)13/h3-5,9-10,17H,2H2,1H3/t9-,10-/m1/s1. The maximum absolute atomic E-state index is 11.6. The highest BCUT2D eigenvalue weighted by atomic mass is 35.5. The molecule has 102 valence electrons. The average Bonchev–Trinajstić information content (AvgIpc) is 2.35. The zero-order valence-electron chi connectivity index (χ0n) is 9.96. The van der Waals surface area contributed by atoms with Gasteiger partial charge in [0, 0.05) is 20.5 Å². The highest BCUT2D eigenvalue weighted by Gasteiger charge is 2.31. The van der Waals surface area contributed by atoms with E-state index in [-0.39, 0.29) is 22.2 Å². The monoisotopic (exact) mass is 303 g/mol. The first-order valence-electron chi connectivity index (χ1n) is 5.35. The topological polar surface area (TPSA) is 95.3 Å². The van der Waals surface area contributed by atoms with Crippen LogP contribution in [0.3, 0.4) is 0 Å². The molecule has 6 nitrogen and oxygen atoms in total. The molecule has 0 fully saturated rings. The Morgan fingerprint density at radius 3 is 2.58 bits per heavy atom. The quantitative estimate of drug-likeness (QED) is 0.391. The third kappa shape index (κ3) is 3.75. The summed E-state index contributed by atoms with van der Waals surface area (Å²) in [7, 11) is 0. The summed E-state index contributed by atoms with van der Waals surface area (Å²) in [4.78, 5) is 14.2. The molecular formula is C11H11Cl2N3O3. The number of esters is 1. The molecule has 1 N–H and O–H groups in total. The first-order valence-corrected chi connectivity index (χ1v) is 6.11. The van der Waals surface area contributed by atoms with Gasteiger partial charge in [0.05, 0.1) is 6.61 Å². The van der Waals surface area contributed by atoms with Crippen molar-refractivity contribution in [3.8, 4) is 0 Å². The number of carbonyl (C=O) groups is 1. The van der Waals surface area contributed by atoms with Crippen molar-refractivity contribution in [3.63, 3.8) is 0 Å². The van der Waals surface area contributed by atoms with Crippen molar-refractivity contribution in [1.29, 1.82) is 0 Å². The van der Waals surface area contributed by atoms with E-state index in [4.69, 9.17) is 33.5 Å². The van der Waals surface area contributed by atoms with Crippen LogP contribution in [0.4, 0.5) is 0 Å². The first kappa shape index (κ1) is 15.6. The van der Waals surface area contributed by atoms with Gasteiger partial charge in [-0.25, -0.2) is 0 Å². The van der Waals surface area contributed by atoms with E-state index in [0.717, 1.165) is 0 Å². The van der Waals surface area contributed by atoms with Gasteiger partial charge in [0.25, 0.3) is 0 Å². The largest absolute Gasteiger partial charge is 0.466 e. The summed E-state index contributed by atoms with van der Waals surface area (Å²) in [6.07, 6.45) is -1.48. The predicted molar refractivity (Wildman–Crippen MR) is 71.0 cm³/mol. The fourth-order valence-electron chi connectivity index (χ4n) is 1.47. The molecule has 0 unspecified atom stereocenters. The van der Waals surface area contributed by atoms with Crippen LogP contribution in [0.2, 0.25) is 10.0 Å². The molecule has 1 rings (SSSR count). The van der Waals surface area contributed by atoms with Crippen molar-refractivity contribution in [3.05, 3.63) is 44.3 Å². The zero-order chi connectivity index (χ0) is 14.4. The maximum atomic E-state index is 11.6. The van der Waals surface area contributed by atoms with Crippen molar-refractivity contribution < 1.29 is 14.6 Å². The summed E-state index contributed by atoms with van der Waals surface area (Å²) in [5.74, 6) is -0.844. The molecule has 0 aliphatic rings. The van der Waals surface area contributed by atoms with Crippen molar-refractivity contribution in [2.45, 2.75) is 19.1 Å². The summed E-state index contributed by atoms with van der Waals surface area (Å²) in [5, 5.41) is 13.7. The zero-order valence-corrected chi connectivity index (χ0v) is 11.5. The Hall–Kier alpha value is -1.46.